The lowest BCUT2D eigenvalue weighted by molar-refractivity contribution is -0.137. The molecule has 3 N–H and O–H groups in total. The van der Waals surface area contributed by atoms with Crippen LogP contribution in [0.3, 0.4) is 0 Å². The summed E-state index contributed by atoms with van der Waals surface area (Å²) in [6, 6.07) is 3.40. The normalized spacial score (nSPS) is 13.1. The summed E-state index contributed by atoms with van der Waals surface area (Å²) < 4.78 is 64.3. The Labute approximate surface area is 132 Å². The van der Waals surface area contributed by atoms with Crippen molar-refractivity contribution in [1.29, 1.82) is 5.26 Å². The average molecular weight is 358 g/mol. The summed E-state index contributed by atoms with van der Waals surface area (Å²) in [6.45, 7) is 1.69. The summed E-state index contributed by atoms with van der Waals surface area (Å²) in [7, 11) is -4.08. The van der Waals surface area contributed by atoms with Crippen LogP contribution in [0.2, 0.25) is 0 Å². The fraction of sp³-hybridized carbons (Fsp3) is 0.417. The molecule has 0 aliphatic rings. The van der Waals surface area contributed by atoms with Gasteiger partial charge in [0.25, 0.3) is 0 Å². The first-order valence-electron chi connectivity index (χ1n) is 5.94. The monoisotopic (exact) mass is 357 g/mol. The van der Waals surface area contributed by atoms with Gasteiger partial charge in [-0.1, -0.05) is 0 Å². The molecular formula is C12H15ClF3N3O2S. The van der Waals surface area contributed by atoms with Crippen LogP contribution in [-0.2, 0) is 16.2 Å². The number of halogens is 4. The van der Waals surface area contributed by atoms with Gasteiger partial charge in [0.1, 0.15) is 0 Å². The highest BCUT2D eigenvalue weighted by atomic mass is 35.5. The van der Waals surface area contributed by atoms with E-state index in [0.717, 1.165) is 12.1 Å². The number of nitriles is 1. The Morgan fingerprint density at radius 2 is 2.00 bits per heavy atom. The van der Waals surface area contributed by atoms with Crippen molar-refractivity contribution in [3.63, 3.8) is 0 Å². The van der Waals surface area contributed by atoms with Gasteiger partial charge in [-0.25, -0.2) is 13.1 Å². The fourth-order valence-corrected chi connectivity index (χ4v) is 2.60. The van der Waals surface area contributed by atoms with Crippen LogP contribution < -0.4 is 10.5 Å². The van der Waals surface area contributed by atoms with Crippen molar-refractivity contribution in [2.75, 3.05) is 6.54 Å². The SMILES string of the molecule is CC(N)CCNS(=O)(=O)c1ccc(C#N)c(C(F)(F)F)c1.Cl. The Morgan fingerprint density at radius 1 is 1.41 bits per heavy atom. The zero-order valence-corrected chi connectivity index (χ0v) is 13.1. The standard InChI is InChI=1S/C12H14F3N3O2S.ClH/c1-8(17)4-5-18-21(19,20)10-3-2-9(7-16)11(6-10)12(13,14)15;/h2-3,6,8,18H,4-5,17H2,1H3;1H. The number of nitrogens with zero attached hydrogens (tertiary/aromatic N) is 1. The van der Waals surface area contributed by atoms with E-state index in [2.05, 4.69) is 4.72 Å². The number of nitrogens with one attached hydrogen (secondary N) is 1. The van der Waals surface area contributed by atoms with Crippen molar-refractivity contribution in [1.82, 2.24) is 4.72 Å². The third kappa shape index (κ3) is 5.46. The number of alkyl halides is 3. The van der Waals surface area contributed by atoms with Crippen molar-refractivity contribution in [2.45, 2.75) is 30.5 Å². The van der Waals surface area contributed by atoms with Gasteiger partial charge in [0.15, 0.2) is 0 Å². The van der Waals surface area contributed by atoms with Gasteiger partial charge in [0.2, 0.25) is 10.0 Å². The summed E-state index contributed by atoms with van der Waals surface area (Å²) in [6.07, 6.45) is -4.45. The summed E-state index contributed by atoms with van der Waals surface area (Å²) in [4.78, 5) is -0.543. The number of benzene rings is 1. The van der Waals surface area contributed by atoms with Gasteiger partial charge >= 0.3 is 6.18 Å². The second-order valence-electron chi connectivity index (χ2n) is 4.48. The average Bonchev–Trinajstić information content (AvgIpc) is 2.36. The van der Waals surface area contributed by atoms with Crippen LogP contribution >= 0.6 is 12.4 Å². The molecule has 0 aliphatic heterocycles. The number of sulfonamides is 1. The van der Waals surface area contributed by atoms with Crippen molar-refractivity contribution >= 4 is 22.4 Å². The van der Waals surface area contributed by atoms with Gasteiger partial charge in [-0.2, -0.15) is 18.4 Å². The first-order chi connectivity index (χ1) is 9.58. The largest absolute Gasteiger partial charge is 0.417 e. The summed E-state index contributed by atoms with van der Waals surface area (Å²) in [5, 5.41) is 8.65. The second-order valence-corrected chi connectivity index (χ2v) is 6.25. The quantitative estimate of drug-likeness (QED) is 0.842. The molecule has 0 spiro atoms. The van der Waals surface area contributed by atoms with Crippen LogP contribution in [0.15, 0.2) is 23.1 Å². The van der Waals surface area contributed by atoms with Gasteiger partial charge < -0.3 is 5.73 Å². The molecule has 0 bridgehead atoms. The first-order valence-corrected chi connectivity index (χ1v) is 7.43. The molecule has 0 fully saturated rings. The number of nitrogens with two attached hydrogens (primary N) is 1. The maximum atomic E-state index is 12.8. The highest BCUT2D eigenvalue weighted by Crippen LogP contribution is 2.33. The molecule has 0 amide bonds. The lowest BCUT2D eigenvalue weighted by Crippen LogP contribution is -2.29. The van der Waals surface area contributed by atoms with Crippen LogP contribution in [0.25, 0.3) is 0 Å². The Morgan fingerprint density at radius 3 is 2.45 bits per heavy atom. The van der Waals surface area contributed by atoms with Crippen LogP contribution in [0.5, 0.6) is 0 Å². The van der Waals surface area contributed by atoms with E-state index in [1.54, 1.807) is 6.92 Å². The van der Waals surface area contributed by atoms with Crippen molar-refractivity contribution < 1.29 is 21.6 Å². The van der Waals surface area contributed by atoms with Crippen molar-refractivity contribution in [3.05, 3.63) is 29.3 Å². The summed E-state index contributed by atoms with van der Waals surface area (Å²) in [5.74, 6) is 0. The molecule has 22 heavy (non-hydrogen) atoms. The zero-order valence-electron chi connectivity index (χ0n) is 11.5. The minimum Gasteiger partial charge on any atom is -0.328 e. The third-order valence-corrected chi connectivity index (χ3v) is 4.08. The van der Waals surface area contributed by atoms with E-state index in [-0.39, 0.29) is 25.0 Å². The summed E-state index contributed by atoms with van der Waals surface area (Å²) >= 11 is 0. The van der Waals surface area contributed by atoms with Crippen molar-refractivity contribution in [2.24, 2.45) is 5.73 Å². The van der Waals surface area contributed by atoms with E-state index in [4.69, 9.17) is 11.0 Å². The van der Waals surface area contributed by atoms with E-state index in [9.17, 15) is 21.6 Å². The van der Waals surface area contributed by atoms with E-state index in [1.165, 1.54) is 6.07 Å². The molecule has 1 aromatic rings. The predicted molar refractivity (Wildman–Crippen MR) is 76.9 cm³/mol. The summed E-state index contributed by atoms with van der Waals surface area (Å²) in [5.41, 5.74) is 3.55. The van der Waals surface area contributed by atoms with Crippen LogP contribution in [0, 0.1) is 11.3 Å². The molecule has 0 saturated heterocycles. The van der Waals surface area contributed by atoms with Gasteiger partial charge in [0, 0.05) is 12.6 Å². The third-order valence-electron chi connectivity index (χ3n) is 2.62. The van der Waals surface area contributed by atoms with E-state index < -0.39 is 32.2 Å². The van der Waals surface area contributed by atoms with Gasteiger partial charge in [-0.15, -0.1) is 12.4 Å². The lowest BCUT2D eigenvalue weighted by Gasteiger charge is -2.12. The topological polar surface area (TPSA) is 96.0 Å². The predicted octanol–water partition coefficient (Wildman–Crippen LogP) is 2.01. The molecule has 124 valence electrons. The van der Waals surface area contributed by atoms with E-state index in [0.29, 0.717) is 12.5 Å². The molecule has 1 aromatic carbocycles. The van der Waals surface area contributed by atoms with Gasteiger partial charge in [-0.05, 0) is 31.5 Å². The Bertz CT molecular complexity index is 655. The fourth-order valence-electron chi connectivity index (χ4n) is 1.53. The van der Waals surface area contributed by atoms with Gasteiger partial charge in [-0.3, -0.25) is 0 Å². The molecule has 10 heteroatoms. The molecule has 0 aliphatic carbocycles. The molecule has 1 unspecified atom stereocenters. The second kappa shape index (κ2) is 7.78. The van der Waals surface area contributed by atoms with Gasteiger partial charge in [0.05, 0.1) is 22.1 Å². The molecule has 1 rings (SSSR count). The van der Waals surface area contributed by atoms with Crippen LogP contribution in [0.4, 0.5) is 13.2 Å². The van der Waals surface area contributed by atoms with E-state index in [1.807, 2.05) is 0 Å². The Balaban J connectivity index is 0.00000441. The molecule has 0 radical (unpaired) electrons. The smallest absolute Gasteiger partial charge is 0.328 e. The number of hydrogen-bond acceptors (Lipinski definition) is 4. The van der Waals surface area contributed by atoms with Crippen LogP contribution in [0.1, 0.15) is 24.5 Å². The maximum absolute atomic E-state index is 12.8. The number of hydrogen-bond donors (Lipinski definition) is 2. The Hall–Kier alpha value is -1.34. The number of rotatable bonds is 5. The molecule has 0 heterocycles. The maximum Gasteiger partial charge on any atom is 0.417 e. The molecular weight excluding hydrogens is 343 g/mol. The lowest BCUT2D eigenvalue weighted by atomic mass is 10.1. The van der Waals surface area contributed by atoms with Crippen LogP contribution in [-0.4, -0.2) is 21.0 Å². The van der Waals surface area contributed by atoms with E-state index >= 15 is 0 Å². The highest BCUT2D eigenvalue weighted by Gasteiger charge is 2.34. The Kier molecular flexibility index (Phi) is 7.31. The minimum atomic E-state index is -4.80. The highest BCUT2D eigenvalue weighted by molar-refractivity contribution is 7.89. The zero-order chi connectivity index (χ0) is 16.3. The molecule has 1 atom stereocenters. The minimum absolute atomic E-state index is 0. The molecule has 0 aromatic heterocycles. The molecule has 5 nitrogen and oxygen atoms in total. The van der Waals surface area contributed by atoms with Crippen molar-refractivity contribution in [3.8, 4) is 6.07 Å². The first kappa shape index (κ1) is 20.7. The molecule has 0 saturated carbocycles.